The summed E-state index contributed by atoms with van der Waals surface area (Å²) in [5, 5.41) is 5.75. The first kappa shape index (κ1) is 22.5. The quantitative estimate of drug-likeness (QED) is 0.270. The zero-order chi connectivity index (χ0) is 21.9. The second-order valence-corrected chi connectivity index (χ2v) is 7.92. The number of amides is 2. The third-order valence-electron chi connectivity index (χ3n) is 4.78. The van der Waals surface area contributed by atoms with Gasteiger partial charge in [-0.3, -0.25) is 9.59 Å². The SMILES string of the molecule is O=C(NCCc1ccccc1)C(=Cc1ccccc1Br)C(=O)NCCc1ccccc1. The fraction of sp³-hybridized carbons (Fsp3) is 0.154. The first-order chi connectivity index (χ1) is 15.1. The van der Waals surface area contributed by atoms with Crippen molar-refractivity contribution in [3.63, 3.8) is 0 Å². The van der Waals surface area contributed by atoms with Gasteiger partial charge in [0, 0.05) is 17.6 Å². The third kappa shape index (κ3) is 7.23. The van der Waals surface area contributed by atoms with E-state index >= 15 is 0 Å². The second-order valence-electron chi connectivity index (χ2n) is 7.06. The van der Waals surface area contributed by atoms with E-state index in [4.69, 9.17) is 0 Å². The van der Waals surface area contributed by atoms with Crippen LogP contribution < -0.4 is 10.6 Å². The van der Waals surface area contributed by atoms with Crippen LogP contribution in [0.4, 0.5) is 0 Å². The molecule has 3 aromatic rings. The summed E-state index contributed by atoms with van der Waals surface area (Å²) in [6.07, 6.45) is 3.02. The van der Waals surface area contributed by atoms with Gasteiger partial charge in [-0.05, 0) is 41.7 Å². The maximum Gasteiger partial charge on any atom is 0.256 e. The lowest BCUT2D eigenvalue weighted by atomic mass is 10.1. The van der Waals surface area contributed by atoms with E-state index in [2.05, 4.69) is 26.6 Å². The standard InChI is InChI=1S/C26H25BrN2O2/c27-24-14-8-7-13-22(24)19-23(25(30)28-17-15-20-9-3-1-4-10-20)26(31)29-18-16-21-11-5-2-6-12-21/h1-14,19H,15-18H2,(H,28,30)(H,29,31). The van der Waals surface area contributed by atoms with Crippen LogP contribution in [-0.2, 0) is 22.4 Å². The number of nitrogens with one attached hydrogen (secondary N) is 2. The molecule has 4 nitrogen and oxygen atoms in total. The molecule has 0 atom stereocenters. The van der Waals surface area contributed by atoms with E-state index in [1.807, 2.05) is 84.9 Å². The molecule has 0 unspecified atom stereocenters. The van der Waals surface area contributed by atoms with Crippen molar-refractivity contribution in [1.82, 2.24) is 10.6 Å². The van der Waals surface area contributed by atoms with Crippen LogP contribution in [0.5, 0.6) is 0 Å². The van der Waals surface area contributed by atoms with Gasteiger partial charge >= 0.3 is 0 Å². The monoisotopic (exact) mass is 476 g/mol. The van der Waals surface area contributed by atoms with Crippen molar-refractivity contribution in [2.75, 3.05) is 13.1 Å². The van der Waals surface area contributed by atoms with Crippen LogP contribution in [0.25, 0.3) is 6.08 Å². The summed E-state index contributed by atoms with van der Waals surface area (Å²) in [5.74, 6) is -0.771. The van der Waals surface area contributed by atoms with Crippen LogP contribution in [0.1, 0.15) is 16.7 Å². The van der Waals surface area contributed by atoms with E-state index in [0.29, 0.717) is 25.9 Å². The van der Waals surface area contributed by atoms with Crippen LogP contribution in [0, 0.1) is 0 Å². The second kappa shape index (κ2) is 11.9. The highest BCUT2D eigenvalue weighted by Gasteiger charge is 2.18. The van der Waals surface area contributed by atoms with Gasteiger partial charge in [-0.25, -0.2) is 0 Å². The molecular formula is C26H25BrN2O2. The van der Waals surface area contributed by atoms with Gasteiger partial charge in [0.05, 0.1) is 0 Å². The van der Waals surface area contributed by atoms with Gasteiger partial charge in [0.2, 0.25) is 0 Å². The minimum Gasteiger partial charge on any atom is -0.352 e. The number of carbonyl (C=O) groups is 2. The zero-order valence-corrected chi connectivity index (χ0v) is 18.8. The Kier molecular flexibility index (Phi) is 8.61. The van der Waals surface area contributed by atoms with Gasteiger partial charge in [-0.2, -0.15) is 0 Å². The molecule has 0 aliphatic heterocycles. The van der Waals surface area contributed by atoms with Crippen molar-refractivity contribution in [1.29, 1.82) is 0 Å². The molecule has 0 fully saturated rings. The molecule has 0 saturated carbocycles. The van der Waals surface area contributed by atoms with Crippen molar-refractivity contribution < 1.29 is 9.59 Å². The Labute approximate surface area is 191 Å². The number of hydrogen-bond acceptors (Lipinski definition) is 2. The number of hydrogen-bond donors (Lipinski definition) is 2. The zero-order valence-electron chi connectivity index (χ0n) is 17.2. The van der Waals surface area contributed by atoms with E-state index in [1.165, 1.54) is 0 Å². The minimum absolute atomic E-state index is 0.0908. The molecular weight excluding hydrogens is 452 g/mol. The van der Waals surface area contributed by atoms with E-state index < -0.39 is 0 Å². The third-order valence-corrected chi connectivity index (χ3v) is 5.50. The van der Waals surface area contributed by atoms with E-state index in [1.54, 1.807) is 6.08 Å². The van der Waals surface area contributed by atoms with Crippen molar-refractivity contribution in [2.24, 2.45) is 0 Å². The molecule has 0 heterocycles. The normalized spacial score (nSPS) is 10.2. The molecule has 31 heavy (non-hydrogen) atoms. The van der Waals surface area contributed by atoms with Gasteiger partial charge < -0.3 is 10.6 Å². The summed E-state index contributed by atoms with van der Waals surface area (Å²) in [4.78, 5) is 25.7. The first-order valence-corrected chi connectivity index (χ1v) is 11.0. The number of benzene rings is 3. The molecule has 158 valence electrons. The summed E-state index contributed by atoms with van der Waals surface area (Å²) in [6.45, 7) is 0.904. The molecule has 0 aromatic heterocycles. The van der Waals surface area contributed by atoms with Gasteiger partial charge in [0.15, 0.2) is 0 Å². The van der Waals surface area contributed by atoms with Gasteiger partial charge in [-0.1, -0.05) is 94.8 Å². The largest absolute Gasteiger partial charge is 0.352 e. The van der Waals surface area contributed by atoms with Gasteiger partial charge in [0.25, 0.3) is 11.8 Å². The number of halogens is 1. The molecule has 0 aliphatic carbocycles. The van der Waals surface area contributed by atoms with Crippen LogP contribution in [-0.4, -0.2) is 24.9 Å². The molecule has 2 N–H and O–H groups in total. The highest BCUT2D eigenvalue weighted by molar-refractivity contribution is 9.10. The Hall–Kier alpha value is -3.18. The summed E-state index contributed by atoms with van der Waals surface area (Å²) >= 11 is 3.48. The van der Waals surface area contributed by atoms with Gasteiger partial charge in [0.1, 0.15) is 5.57 Å². The van der Waals surface area contributed by atoms with Crippen LogP contribution in [0.2, 0.25) is 0 Å². The summed E-state index contributed by atoms with van der Waals surface area (Å²) in [7, 11) is 0. The Morgan fingerprint density at radius 2 is 1.13 bits per heavy atom. The van der Waals surface area contributed by atoms with Crippen LogP contribution >= 0.6 is 15.9 Å². The fourth-order valence-corrected chi connectivity index (χ4v) is 3.50. The highest BCUT2D eigenvalue weighted by Crippen LogP contribution is 2.19. The minimum atomic E-state index is -0.385. The Bertz CT molecular complexity index is 974. The predicted molar refractivity (Wildman–Crippen MR) is 128 cm³/mol. The molecule has 0 spiro atoms. The van der Waals surface area contributed by atoms with Crippen LogP contribution in [0.3, 0.4) is 0 Å². The first-order valence-electron chi connectivity index (χ1n) is 10.2. The predicted octanol–water partition coefficient (Wildman–Crippen LogP) is 4.55. The smallest absolute Gasteiger partial charge is 0.256 e. The Morgan fingerprint density at radius 3 is 1.61 bits per heavy atom. The highest BCUT2D eigenvalue weighted by atomic mass is 79.9. The van der Waals surface area contributed by atoms with Crippen molar-refractivity contribution in [3.05, 3.63) is 112 Å². The average Bonchev–Trinajstić information content (AvgIpc) is 2.80. The molecule has 3 aromatic carbocycles. The lowest BCUT2D eigenvalue weighted by Gasteiger charge is -2.11. The summed E-state index contributed by atoms with van der Waals surface area (Å²) in [5.41, 5.74) is 3.12. The molecule has 0 saturated heterocycles. The topological polar surface area (TPSA) is 58.2 Å². The van der Waals surface area contributed by atoms with Crippen LogP contribution in [0.15, 0.2) is 95.0 Å². The van der Waals surface area contributed by atoms with E-state index in [9.17, 15) is 9.59 Å². The summed E-state index contributed by atoms with van der Waals surface area (Å²) < 4.78 is 0.821. The maximum atomic E-state index is 12.9. The fourth-order valence-electron chi connectivity index (χ4n) is 3.10. The van der Waals surface area contributed by atoms with Crippen molar-refractivity contribution in [3.8, 4) is 0 Å². The molecule has 3 rings (SSSR count). The Balaban J connectivity index is 1.67. The maximum absolute atomic E-state index is 12.9. The molecule has 0 bridgehead atoms. The molecule has 2 amide bonds. The molecule has 0 aliphatic rings. The average molecular weight is 477 g/mol. The van der Waals surface area contributed by atoms with E-state index in [-0.39, 0.29) is 17.4 Å². The van der Waals surface area contributed by atoms with E-state index in [0.717, 1.165) is 21.2 Å². The number of carbonyl (C=O) groups excluding carboxylic acids is 2. The van der Waals surface area contributed by atoms with Crippen molar-refractivity contribution in [2.45, 2.75) is 12.8 Å². The van der Waals surface area contributed by atoms with Crippen molar-refractivity contribution >= 4 is 33.8 Å². The lowest BCUT2D eigenvalue weighted by molar-refractivity contribution is -0.123. The Morgan fingerprint density at radius 1 is 0.677 bits per heavy atom. The number of rotatable bonds is 9. The summed E-state index contributed by atoms with van der Waals surface area (Å²) in [6, 6.07) is 27.3. The lowest BCUT2D eigenvalue weighted by Crippen LogP contribution is -2.36. The van der Waals surface area contributed by atoms with Gasteiger partial charge in [-0.15, -0.1) is 0 Å². The molecule has 5 heteroatoms. The molecule has 0 radical (unpaired) electrons.